The van der Waals surface area contributed by atoms with E-state index >= 15 is 0 Å². The zero-order chi connectivity index (χ0) is 69.1. The van der Waals surface area contributed by atoms with Gasteiger partial charge in [0.05, 0.1) is 11.0 Å². The summed E-state index contributed by atoms with van der Waals surface area (Å²) in [6.45, 7) is 18.6. The highest BCUT2D eigenvalue weighted by atomic mass is 15.2. The van der Waals surface area contributed by atoms with Gasteiger partial charge in [0.15, 0.2) is 11.6 Å². The van der Waals surface area contributed by atoms with Gasteiger partial charge in [-0.3, -0.25) is 4.57 Å². The number of aromatic nitrogens is 4. The Labute approximate surface area is 596 Å². The average molecular weight is 1310 g/mol. The van der Waals surface area contributed by atoms with Crippen molar-refractivity contribution >= 4 is 43.4 Å². The molecule has 0 radical (unpaired) electrons. The van der Waals surface area contributed by atoms with E-state index in [1.54, 1.807) is 0 Å². The summed E-state index contributed by atoms with van der Waals surface area (Å²) in [5.41, 5.74) is 35.9. The SMILES string of the molecule is Cc1c(-c2ccccc2)c(C)c(-c2cccc(-c3cccc4c(-c5nc(-c6ccc(-c7cccc(-c8c(C)c(-c9ccccc9)c(C)c(-c9ccccc9)c8C)c7)c7ccccc67)nc(-n6c7ccccc7c7c8c(ccc76)-c6ccccc6C8(C)C)n5)cccc34)c2)c(C)c1-c1ccccc1. The number of hydrogen-bond donors (Lipinski definition) is 0. The molecule has 0 saturated heterocycles. The molecule has 4 heteroatoms. The average Bonchev–Trinajstić information content (AvgIpc) is 1.53. The Hall–Kier alpha value is -12.4. The predicted molar refractivity (Wildman–Crippen MR) is 430 cm³/mol. The maximum atomic E-state index is 5.74. The molecule has 0 saturated carbocycles. The third-order valence-corrected chi connectivity index (χ3v) is 22.2. The van der Waals surface area contributed by atoms with Crippen LogP contribution < -0.4 is 0 Å². The summed E-state index contributed by atoms with van der Waals surface area (Å²) in [6, 6.07) is 111. The van der Waals surface area contributed by atoms with E-state index < -0.39 is 0 Å². The van der Waals surface area contributed by atoms with Crippen molar-refractivity contribution in [3.8, 4) is 129 Å². The molecular weight excluding hydrogens is 1230 g/mol. The number of hydrogen-bond acceptors (Lipinski definition) is 3. The Morgan fingerprint density at radius 2 is 0.569 bits per heavy atom. The van der Waals surface area contributed by atoms with Gasteiger partial charge in [-0.05, 0) is 238 Å². The first-order chi connectivity index (χ1) is 49.9. The third kappa shape index (κ3) is 9.83. The molecule has 0 spiro atoms. The van der Waals surface area contributed by atoms with Gasteiger partial charge in [-0.2, -0.15) is 9.97 Å². The molecule has 17 aromatic rings. The maximum absolute atomic E-state index is 5.74. The number of rotatable bonds is 11. The molecule has 2 aromatic heterocycles. The highest BCUT2D eigenvalue weighted by Gasteiger charge is 2.38. The summed E-state index contributed by atoms with van der Waals surface area (Å²) in [4.78, 5) is 17.2. The standard InChI is InChI=1S/C98H74N4/c1-59-87(65-31-13-9-14-32-65)61(3)91(62(4)88(59)66-33-15-10-16-34-66)71-41-27-39-69(57-71)73-47-29-49-78-76(73)48-30-50-81(78)95-99-96(101-97(100-95)102-85-52-26-24-46-83(85)93-86(102)56-55-80-79-45-23-25-51-84(79)98(7,8)94(80)93)82-54-53-74(75-43-21-22-44-77(75)82)70-40-28-42-72(58-70)92-63(5)89(67-35-17-11-18-36-67)60(2)90(64(92)6)68-37-19-12-20-38-68/h9-58H,1-8H3. The minimum absolute atomic E-state index is 0.266. The molecule has 0 unspecified atom stereocenters. The molecule has 0 atom stereocenters. The number of benzene rings is 15. The molecule has 2 heterocycles. The van der Waals surface area contributed by atoms with Crippen LogP contribution in [0.25, 0.3) is 172 Å². The van der Waals surface area contributed by atoms with Gasteiger partial charge in [-0.15, -0.1) is 0 Å². The Balaban J connectivity index is 0.826. The number of nitrogens with zero attached hydrogens (tertiary/aromatic N) is 4. The minimum Gasteiger partial charge on any atom is -0.278 e. The predicted octanol–water partition coefficient (Wildman–Crippen LogP) is 26.1. The largest absolute Gasteiger partial charge is 0.278 e. The van der Waals surface area contributed by atoms with Gasteiger partial charge in [0.2, 0.25) is 5.95 Å². The molecule has 0 amide bonds. The van der Waals surface area contributed by atoms with E-state index in [2.05, 4.69) is 363 Å². The van der Waals surface area contributed by atoms with Crippen molar-refractivity contribution in [3.63, 3.8) is 0 Å². The molecule has 4 nitrogen and oxygen atoms in total. The van der Waals surface area contributed by atoms with Crippen LogP contribution in [0.2, 0.25) is 0 Å². The Morgan fingerprint density at radius 3 is 1.06 bits per heavy atom. The van der Waals surface area contributed by atoms with E-state index in [1.807, 2.05) is 0 Å². The first-order valence-electron chi connectivity index (χ1n) is 35.6. The highest BCUT2D eigenvalue weighted by Crippen LogP contribution is 2.54. The molecule has 0 aliphatic heterocycles. The molecule has 15 aromatic carbocycles. The van der Waals surface area contributed by atoms with Crippen molar-refractivity contribution in [1.29, 1.82) is 0 Å². The lowest BCUT2D eigenvalue weighted by molar-refractivity contribution is 0.666. The van der Waals surface area contributed by atoms with E-state index in [9.17, 15) is 0 Å². The van der Waals surface area contributed by atoms with Crippen LogP contribution in [0.3, 0.4) is 0 Å². The van der Waals surface area contributed by atoms with E-state index in [-0.39, 0.29) is 5.41 Å². The van der Waals surface area contributed by atoms with E-state index in [4.69, 9.17) is 15.0 Å². The van der Waals surface area contributed by atoms with Crippen LogP contribution in [0.4, 0.5) is 0 Å². The summed E-state index contributed by atoms with van der Waals surface area (Å²) in [5.74, 6) is 1.74. The molecular formula is C98H74N4. The summed E-state index contributed by atoms with van der Waals surface area (Å²) in [7, 11) is 0. The van der Waals surface area contributed by atoms with E-state index in [0.717, 1.165) is 71.3 Å². The molecule has 0 bridgehead atoms. The highest BCUT2D eigenvalue weighted by molar-refractivity contribution is 6.15. The van der Waals surface area contributed by atoms with Crippen LogP contribution in [0.15, 0.2) is 303 Å². The van der Waals surface area contributed by atoms with Gasteiger partial charge >= 0.3 is 0 Å². The fourth-order valence-corrected chi connectivity index (χ4v) is 17.9. The zero-order valence-electron chi connectivity index (χ0n) is 58.7. The molecule has 102 heavy (non-hydrogen) atoms. The van der Waals surface area contributed by atoms with Crippen LogP contribution in [0.1, 0.15) is 58.4 Å². The monoisotopic (exact) mass is 1310 g/mol. The summed E-state index contributed by atoms with van der Waals surface area (Å²) >= 11 is 0. The van der Waals surface area contributed by atoms with Crippen LogP contribution in [0, 0.1) is 41.5 Å². The van der Waals surface area contributed by atoms with Crippen molar-refractivity contribution in [1.82, 2.24) is 19.5 Å². The van der Waals surface area contributed by atoms with Gasteiger partial charge in [0.1, 0.15) is 0 Å². The zero-order valence-corrected chi connectivity index (χ0v) is 58.7. The van der Waals surface area contributed by atoms with Crippen molar-refractivity contribution in [3.05, 3.63) is 348 Å². The Bertz CT molecular complexity index is 5880. The lowest BCUT2D eigenvalue weighted by Gasteiger charge is -2.24. The topological polar surface area (TPSA) is 43.6 Å². The molecule has 1 aliphatic rings. The second-order valence-electron chi connectivity index (χ2n) is 28.2. The number of para-hydroxylation sites is 1. The first-order valence-corrected chi connectivity index (χ1v) is 35.6. The normalized spacial score (nSPS) is 12.4. The smallest absolute Gasteiger partial charge is 0.238 e. The van der Waals surface area contributed by atoms with E-state index in [0.29, 0.717) is 17.6 Å². The first kappa shape index (κ1) is 61.9. The van der Waals surface area contributed by atoms with Crippen LogP contribution in [0.5, 0.6) is 0 Å². The summed E-state index contributed by atoms with van der Waals surface area (Å²) in [5, 5.41) is 6.70. The minimum atomic E-state index is -0.266. The van der Waals surface area contributed by atoms with Gasteiger partial charge < -0.3 is 0 Å². The molecule has 486 valence electrons. The molecule has 18 rings (SSSR count). The lowest BCUT2D eigenvalue weighted by Crippen LogP contribution is -2.15. The molecule has 1 aliphatic carbocycles. The van der Waals surface area contributed by atoms with Crippen LogP contribution >= 0.6 is 0 Å². The van der Waals surface area contributed by atoms with Gasteiger partial charge in [-0.25, -0.2) is 4.98 Å². The Kier molecular flexibility index (Phi) is 14.9. The van der Waals surface area contributed by atoms with E-state index in [1.165, 1.54) is 128 Å². The maximum Gasteiger partial charge on any atom is 0.238 e. The quantitative estimate of drug-likeness (QED) is 0.130. The van der Waals surface area contributed by atoms with Gasteiger partial charge in [0.25, 0.3) is 0 Å². The van der Waals surface area contributed by atoms with Gasteiger partial charge in [-0.1, -0.05) is 287 Å². The number of fused-ring (bicyclic) bond motifs is 9. The van der Waals surface area contributed by atoms with Crippen molar-refractivity contribution in [2.24, 2.45) is 0 Å². The van der Waals surface area contributed by atoms with Crippen LogP contribution in [-0.4, -0.2) is 19.5 Å². The molecule has 0 fully saturated rings. The fraction of sp³-hybridized carbons (Fsp3) is 0.0918. The fourth-order valence-electron chi connectivity index (χ4n) is 17.9. The lowest BCUT2D eigenvalue weighted by atomic mass is 9.80. The second-order valence-corrected chi connectivity index (χ2v) is 28.2. The Morgan fingerprint density at radius 1 is 0.245 bits per heavy atom. The second kappa shape index (κ2) is 24.5. The van der Waals surface area contributed by atoms with Crippen molar-refractivity contribution in [2.75, 3.05) is 0 Å². The summed E-state index contributed by atoms with van der Waals surface area (Å²) < 4.78 is 2.30. The van der Waals surface area contributed by atoms with Gasteiger partial charge in [0, 0.05) is 27.3 Å². The summed E-state index contributed by atoms with van der Waals surface area (Å²) in [6.07, 6.45) is 0. The third-order valence-electron chi connectivity index (χ3n) is 22.2. The molecule has 0 N–H and O–H groups in total. The van der Waals surface area contributed by atoms with Crippen molar-refractivity contribution < 1.29 is 0 Å². The van der Waals surface area contributed by atoms with Crippen LogP contribution in [-0.2, 0) is 5.41 Å². The van der Waals surface area contributed by atoms with Crippen molar-refractivity contribution in [2.45, 2.75) is 60.8 Å².